The molecule has 1 aromatic heterocycles. The Morgan fingerprint density at radius 1 is 1.06 bits per heavy atom. The molecule has 0 bridgehead atoms. The molecule has 31 heavy (non-hydrogen) atoms. The average Bonchev–Trinajstić information content (AvgIpc) is 2.92. The third-order valence-corrected chi connectivity index (χ3v) is 4.78. The Kier molecular flexibility index (Phi) is 6.81. The van der Waals surface area contributed by atoms with Gasteiger partial charge in [-0.2, -0.15) is 0 Å². The van der Waals surface area contributed by atoms with Crippen molar-refractivity contribution >= 4 is 27.9 Å². The highest BCUT2D eigenvalue weighted by Crippen LogP contribution is 2.30. The lowest BCUT2D eigenvalue weighted by Gasteiger charge is -2.22. The van der Waals surface area contributed by atoms with E-state index in [1.54, 1.807) is 32.9 Å². The molecule has 2 atom stereocenters. The third kappa shape index (κ3) is 5.92. The second kappa shape index (κ2) is 9.20. The minimum Gasteiger partial charge on any atom is -0.444 e. The van der Waals surface area contributed by atoms with Crippen molar-refractivity contribution in [3.63, 3.8) is 0 Å². The number of carbonyl (C=O) groups is 1. The number of halogens is 2. The first-order valence-electron chi connectivity index (χ1n) is 10.3. The molecule has 0 unspecified atom stereocenters. The van der Waals surface area contributed by atoms with Gasteiger partial charge in [-0.05, 0) is 64.1 Å². The topological polar surface area (TPSA) is 75.5 Å². The molecule has 3 rings (SSSR count). The summed E-state index contributed by atoms with van der Waals surface area (Å²) in [5.74, 6) is -0.797. The number of ether oxygens (including phenoxy) is 1. The van der Waals surface area contributed by atoms with Gasteiger partial charge < -0.3 is 25.0 Å². The van der Waals surface area contributed by atoms with Gasteiger partial charge in [-0.3, -0.25) is 0 Å². The van der Waals surface area contributed by atoms with Gasteiger partial charge in [-0.1, -0.05) is 0 Å². The van der Waals surface area contributed by atoms with E-state index in [0.717, 1.165) is 11.0 Å². The van der Waals surface area contributed by atoms with Crippen LogP contribution in [0.3, 0.4) is 0 Å². The summed E-state index contributed by atoms with van der Waals surface area (Å²) in [5.41, 5.74) is 0.878. The number of nitrogens with one attached hydrogen (secondary N) is 2. The van der Waals surface area contributed by atoms with Crippen LogP contribution in [0.2, 0.25) is 0 Å². The highest BCUT2D eigenvalue weighted by atomic mass is 19.1. The van der Waals surface area contributed by atoms with Gasteiger partial charge in [-0.25, -0.2) is 13.6 Å². The highest BCUT2D eigenvalue weighted by molar-refractivity contribution is 6.08. The van der Waals surface area contributed by atoms with Crippen molar-refractivity contribution in [1.29, 1.82) is 0 Å². The maximum atomic E-state index is 13.8. The van der Waals surface area contributed by atoms with E-state index in [1.165, 1.54) is 24.3 Å². The van der Waals surface area contributed by atoms with E-state index in [-0.39, 0.29) is 19.1 Å². The molecular weight excluding hydrogens is 404 g/mol. The number of rotatable bonds is 7. The smallest absolute Gasteiger partial charge is 0.407 e. The highest BCUT2D eigenvalue weighted by Gasteiger charge is 2.18. The molecule has 0 spiro atoms. The monoisotopic (exact) mass is 433 g/mol. The molecule has 168 valence electrons. The van der Waals surface area contributed by atoms with Crippen LogP contribution in [-0.2, 0) is 11.3 Å². The van der Waals surface area contributed by atoms with Crippen molar-refractivity contribution in [2.75, 3.05) is 13.1 Å². The first kappa shape index (κ1) is 23.0. The molecule has 1 heterocycles. The zero-order valence-corrected chi connectivity index (χ0v) is 18.2. The number of aromatic nitrogens is 1. The minimum absolute atomic E-state index is 0.193. The average molecular weight is 433 g/mol. The predicted octanol–water partition coefficient (Wildman–Crippen LogP) is 3.94. The summed E-state index contributed by atoms with van der Waals surface area (Å²) >= 11 is 0. The SMILES string of the molecule is C[C@@H](CNC[C@H](O)Cn1c2ccc(F)cc2c2cc(F)ccc21)NC(=O)OC(C)(C)C. The summed E-state index contributed by atoms with van der Waals surface area (Å²) < 4.78 is 34.6. The molecule has 3 N–H and O–H groups in total. The molecular formula is C23H29F2N3O3. The number of fused-ring (bicyclic) bond motifs is 3. The van der Waals surface area contributed by atoms with Gasteiger partial charge in [-0.15, -0.1) is 0 Å². The molecule has 8 heteroatoms. The van der Waals surface area contributed by atoms with E-state index < -0.39 is 29.4 Å². The van der Waals surface area contributed by atoms with Crippen LogP contribution in [0.25, 0.3) is 21.8 Å². The molecule has 0 aliphatic carbocycles. The maximum Gasteiger partial charge on any atom is 0.407 e. The molecule has 1 amide bonds. The fraction of sp³-hybridized carbons (Fsp3) is 0.435. The van der Waals surface area contributed by atoms with Gasteiger partial charge in [0.15, 0.2) is 0 Å². The summed E-state index contributed by atoms with van der Waals surface area (Å²) in [6.07, 6.45) is -1.24. The van der Waals surface area contributed by atoms with Crippen LogP contribution < -0.4 is 10.6 Å². The Morgan fingerprint density at radius 2 is 1.61 bits per heavy atom. The van der Waals surface area contributed by atoms with Crippen LogP contribution in [0.1, 0.15) is 27.7 Å². The number of amides is 1. The lowest BCUT2D eigenvalue weighted by Crippen LogP contribution is -2.44. The summed E-state index contributed by atoms with van der Waals surface area (Å²) in [6, 6.07) is 8.53. The molecule has 0 aliphatic rings. The summed E-state index contributed by atoms with van der Waals surface area (Å²) in [5, 5.41) is 17.6. The van der Waals surface area contributed by atoms with Crippen molar-refractivity contribution in [2.45, 2.75) is 52.0 Å². The van der Waals surface area contributed by atoms with Crippen molar-refractivity contribution < 1.29 is 23.4 Å². The summed E-state index contributed by atoms with van der Waals surface area (Å²) in [4.78, 5) is 11.8. The Bertz CT molecular complexity index is 1020. The zero-order valence-electron chi connectivity index (χ0n) is 18.2. The Hall–Kier alpha value is -2.71. The quantitative estimate of drug-likeness (QED) is 0.528. The van der Waals surface area contributed by atoms with Crippen LogP contribution in [0.5, 0.6) is 0 Å². The number of alkyl carbamates (subject to hydrolysis) is 1. The van der Waals surface area contributed by atoms with Gasteiger partial charge in [0.25, 0.3) is 0 Å². The number of benzene rings is 2. The Balaban J connectivity index is 1.63. The molecule has 0 saturated carbocycles. The van der Waals surface area contributed by atoms with Crippen LogP contribution in [0, 0.1) is 11.6 Å². The lowest BCUT2D eigenvalue weighted by atomic mass is 10.1. The van der Waals surface area contributed by atoms with Crippen LogP contribution in [0.4, 0.5) is 13.6 Å². The van der Waals surface area contributed by atoms with E-state index in [2.05, 4.69) is 10.6 Å². The van der Waals surface area contributed by atoms with Gasteiger partial charge in [0, 0.05) is 40.9 Å². The number of hydrogen-bond donors (Lipinski definition) is 3. The predicted molar refractivity (Wildman–Crippen MR) is 117 cm³/mol. The van der Waals surface area contributed by atoms with Gasteiger partial charge in [0.05, 0.1) is 12.6 Å². The van der Waals surface area contributed by atoms with Crippen LogP contribution in [-0.4, -0.2) is 46.6 Å². The molecule has 3 aromatic rings. The molecule has 2 aromatic carbocycles. The minimum atomic E-state index is -0.748. The number of carbonyl (C=O) groups excluding carboxylic acids is 1. The van der Waals surface area contributed by atoms with Crippen molar-refractivity contribution in [3.8, 4) is 0 Å². The second-order valence-electron chi connectivity index (χ2n) is 8.79. The Morgan fingerprint density at radius 3 is 2.13 bits per heavy atom. The van der Waals surface area contributed by atoms with Gasteiger partial charge >= 0.3 is 6.09 Å². The van der Waals surface area contributed by atoms with Crippen molar-refractivity contribution in [3.05, 3.63) is 48.0 Å². The standard InChI is InChI=1S/C23H29F2N3O3/c1-14(27-22(30)31-23(2,3)4)11-26-12-17(29)13-28-20-7-5-15(24)9-18(20)19-10-16(25)6-8-21(19)28/h5-10,14,17,26,29H,11-13H2,1-4H3,(H,27,30)/t14-,17-/m0/s1. The number of aliphatic hydroxyl groups is 1. The van der Waals surface area contributed by atoms with E-state index in [4.69, 9.17) is 4.74 Å². The summed E-state index contributed by atoms with van der Waals surface area (Å²) in [7, 11) is 0. The van der Waals surface area contributed by atoms with E-state index in [1.807, 2.05) is 11.5 Å². The second-order valence-corrected chi connectivity index (χ2v) is 8.79. The molecule has 0 aliphatic heterocycles. The number of aliphatic hydroxyl groups excluding tert-OH is 1. The number of hydrogen-bond acceptors (Lipinski definition) is 4. The zero-order chi connectivity index (χ0) is 22.8. The Labute approximate surface area is 180 Å². The molecule has 6 nitrogen and oxygen atoms in total. The van der Waals surface area contributed by atoms with Gasteiger partial charge in [0.1, 0.15) is 17.2 Å². The van der Waals surface area contributed by atoms with E-state index >= 15 is 0 Å². The van der Waals surface area contributed by atoms with Gasteiger partial charge in [0.2, 0.25) is 0 Å². The van der Waals surface area contributed by atoms with Crippen molar-refractivity contribution in [2.24, 2.45) is 0 Å². The van der Waals surface area contributed by atoms with Crippen molar-refractivity contribution in [1.82, 2.24) is 15.2 Å². The number of nitrogens with zero attached hydrogens (tertiary/aromatic N) is 1. The fourth-order valence-electron chi connectivity index (χ4n) is 3.55. The molecule has 0 saturated heterocycles. The first-order chi connectivity index (χ1) is 14.5. The lowest BCUT2D eigenvalue weighted by molar-refractivity contribution is 0.0507. The normalized spacial score (nSPS) is 14.0. The van der Waals surface area contributed by atoms with Crippen LogP contribution >= 0.6 is 0 Å². The van der Waals surface area contributed by atoms with E-state index in [0.29, 0.717) is 17.3 Å². The third-order valence-electron chi connectivity index (χ3n) is 4.78. The first-order valence-corrected chi connectivity index (χ1v) is 10.3. The molecule has 0 radical (unpaired) electrons. The maximum absolute atomic E-state index is 13.8. The molecule has 0 fully saturated rings. The summed E-state index contributed by atoms with van der Waals surface area (Å²) in [6.45, 7) is 8.19. The van der Waals surface area contributed by atoms with Crippen LogP contribution in [0.15, 0.2) is 36.4 Å². The van der Waals surface area contributed by atoms with E-state index in [9.17, 15) is 18.7 Å². The largest absolute Gasteiger partial charge is 0.444 e. The fourth-order valence-corrected chi connectivity index (χ4v) is 3.55.